The number of aliphatic carboxylic acids is 1. The van der Waals surface area contributed by atoms with Crippen molar-refractivity contribution < 1.29 is 58.9 Å². The molecule has 4 rings (SSSR count). The normalized spacial score (nSPS) is 11.7. The Morgan fingerprint density at radius 3 is 2.24 bits per heavy atom. The van der Waals surface area contributed by atoms with Crippen LogP contribution in [0.2, 0.25) is 0 Å². The fourth-order valence-corrected chi connectivity index (χ4v) is 4.34. The number of carboxylic acids is 1. The quantitative estimate of drug-likeness (QED) is 0.127. The van der Waals surface area contributed by atoms with Crippen LogP contribution in [0.1, 0.15) is 23.5 Å². The van der Waals surface area contributed by atoms with Crippen LogP contribution in [0.5, 0.6) is 40.2 Å². The van der Waals surface area contributed by atoms with Crippen LogP contribution in [0.4, 0.5) is 0 Å². The molecule has 0 saturated carbocycles. The molecule has 0 aliphatic heterocycles. The van der Waals surface area contributed by atoms with Gasteiger partial charge in [0.15, 0.2) is 35.4 Å². The standard InChI is InChI=1S/C28H24O13/c1-38-20-8-12(4-6-19(20)40-11-21(33)34)14(9-22(35)39-2)23-17(31)10-18(32)24-25(36)26(37)27(41-28(23)24)13-3-5-15(29)16(30)7-13/h3-8,10,14,29-32,37H,9,11H2,1-2H3,(H,33,34)/t14-/m0/s1. The van der Waals surface area contributed by atoms with Crippen molar-refractivity contribution in [3.05, 3.63) is 63.8 Å². The van der Waals surface area contributed by atoms with E-state index in [4.69, 9.17) is 23.7 Å². The second-order valence-corrected chi connectivity index (χ2v) is 8.77. The Morgan fingerprint density at radius 1 is 0.878 bits per heavy atom. The third-order valence-electron chi connectivity index (χ3n) is 6.26. The Hall–Kier alpha value is -5.59. The number of carbonyl (C=O) groups is 2. The number of methoxy groups -OCH3 is 2. The van der Waals surface area contributed by atoms with Crippen LogP contribution in [-0.4, -0.2) is 63.4 Å². The Balaban J connectivity index is 2.02. The van der Waals surface area contributed by atoms with Crippen molar-refractivity contribution >= 4 is 22.9 Å². The van der Waals surface area contributed by atoms with Crippen molar-refractivity contribution in [2.45, 2.75) is 12.3 Å². The van der Waals surface area contributed by atoms with Crippen molar-refractivity contribution in [3.8, 4) is 51.6 Å². The number of aromatic hydroxyl groups is 5. The Morgan fingerprint density at radius 2 is 1.61 bits per heavy atom. The van der Waals surface area contributed by atoms with Crippen LogP contribution in [0, 0.1) is 0 Å². The number of rotatable bonds is 9. The number of carbonyl (C=O) groups excluding carboxylic acids is 1. The number of hydrogen-bond acceptors (Lipinski definition) is 12. The van der Waals surface area contributed by atoms with Crippen LogP contribution >= 0.6 is 0 Å². The molecular weight excluding hydrogens is 544 g/mol. The summed E-state index contributed by atoms with van der Waals surface area (Å²) in [6.07, 6.45) is -0.414. The maximum absolute atomic E-state index is 13.2. The van der Waals surface area contributed by atoms with Crippen LogP contribution in [-0.2, 0) is 14.3 Å². The largest absolute Gasteiger partial charge is 0.507 e. The smallest absolute Gasteiger partial charge is 0.341 e. The van der Waals surface area contributed by atoms with Gasteiger partial charge < -0.3 is 49.3 Å². The summed E-state index contributed by atoms with van der Waals surface area (Å²) >= 11 is 0. The first-order valence-electron chi connectivity index (χ1n) is 11.8. The van der Waals surface area contributed by atoms with Crippen LogP contribution in [0.3, 0.4) is 0 Å². The van der Waals surface area contributed by atoms with E-state index < -0.39 is 81.8 Å². The van der Waals surface area contributed by atoms with E-state index in [1.54, 1.807) is 0 Å². The van der Waals surface area contributed by atoms with Gasteiger partial charge in [-0.25, -0.2) is 4.79 Å². The molecule has 1 heterocycles. The number of carboxylic acid groups (broad SMARTS) is 1. The molecule has 3 aromatic carbocycles. The Bertz CT molecular complexity index is 1720. The molecule has 0 amide bonds. The summed E-state index contributed by atoms with van der Waals surface area (Å²) in [6, 6.07) is 8.47. The minimum atomic E-state index is -1.23. The van der Waals surface area contributed by atoms with Gasteiger partial charge in [-0.15, -0.1) is 0 Å². The summed E-state index contributed by atoms with van der Waals surface area (Å²) in [4.78, 5) is 36.7. The van der Waals surface area contributed by atoms with E-state index in [0.717, 1.165) is 25.3 Å². The zero-order valence-corrected chi connectivity index (χ0v) is 21.6. The molecule has 0 fully saturated rings. The Kier molecular flexibility index (Phi) is 7.80. The summed E-state index contributed by atoms with van der Waals surface area (Å²) in [5.74, 6) is -6.67. The van der Waals surface area contributed by atoms with Crippen LogP contribution in [0.25, 0.3) is 22.3 Å². The molecule has 0 spiro atoms. The number of esters is 1. The van der Waals surface area contributed by atoms with Crippen molar-refractivity contribution in [1.82, 2.24) is 0 Å². The number of hydrogen-bond donors (Lipinski definition) is 6. The van der Waals surface area contributed by atoms with Crippen molar-refractivity contribution in [3.63, 3.8) is 0 Å². The van der Waals surface area contributed by atoms with Gasteiger partial charge in [0.25, 0.3) is 0 Å². The molecule has 0 saturated heterocycles. The third kappa shape index (κ3) is 5.45. The predicted octanol–water partition coefficient (Wildman–Crippen LogP) is 3.16. The molecule has 1 aromatic heterocycles. The number of ether oxygens (including phenoxy) is 3. The highest BCUT2D eigenvalue weighted by Gasteiger charge is 2.30. The van der Waals surface area contributed by atoms with E-state index in [1.165, 1.54) is 31.4 Å². The fraction of sp³-hybridized carbons (Fsp3) is 0.179. The first-order valence-corrected chi connectivity index (χ1v) is 11.8. The van der Waals surface area contributed by atoms with Crippen molar-refractivity contribution in [2.75, 3.05) is 20.8 Å². The van der Waals surface area contributed by atoms with Gasteiger partial charge >= 0.3 is 11.9 Å². The van der Waals surface area contributed by atoms with Crippen LogP contribution < -0.4 is 14.9 Å². The molecule has 0 aliphatic carbocycles. The number of phenolic OH excluding ortho intramolecular Hbond substituents is 4. The summed E-state index contributed by atoms with van der Waals surface area (Å²) in [7, 11) is 2.45. The minimum Gasteiger partial charge on any atom is -0.507 e. The highest BCUT2D eigenvalue weighted by atomic mass is 16.5. The van der Waals surface area contributed by atoms with E-state index in [0.29, 0.717) is 5.56 Å². The lowest BCUT2D eigenvalue weighted by Gasteiger charge is -2.21. The van der Waals surface area contributed by atoms with Gasteiger partial charge in [-0.2, -0.15) is 0 Å². The molecule has 0 unspecified atom stereocenters. The summed E-state index contributed by atoms with van der Waals surface area (Å²) in [5.41, 5.74) is -1.36. The zero-order valence-electron chi connectivity index (χ0n) is 21.6. The number of fused-ring (bicyclic) bond motifs is 1. The maximum Gasteiger partial charge on any atom is 0.341 e. The maximum atomic E-state index is 13.2. The third-order valence-corrected chi connectivity index (χ3v) is 6.26. The van der Waals surface area contributed by atoms with Gasteiger partial charge in [0.1, 0.15) is 22.5 Å². The fourth-order valence-electron chi connectivity index (χ4n) is 4.34. The van der Waals surface area contributed by atoms with Gasteiger partial charge in [-0.05, 0) is 35.9 Å². The topological polar surface area (TPSA) is 213 Å². The Labute approximate surface area is 230 Å². The summed E-state index contributed by atoms with van der Waals surface area (Å²) in [6.45, 7) is -0.658. The number of phenols is 4. The summed E-state index contributed by atoms with van der Waals surface area (Å²) in [5, 5.41) is 60.2. The monoisotopic (exact) mass is 568 g/mol. The average Bonchev–Trinajstić information content (AvgIpc) is 2.94. The lowest BCUT2D eigenvalue weighted by atomic mass is 9.86. The van der Waals surface area contributed by atoms with Gasteiger partial charge in [0, 0.05) is 23.1 Å². The van der Waals surface area contributed by atoms with E-state index in [9.17, 15) is 39.9 Å². The predicted molar refractivity (Wildman–Crippen MR) is 141 cm³/mol. The van der Waals surface area contributed by atoms with Gasteiger partial charge in [0.2, 0.25) is 11.2 Å². The van der Waals surface area contributed by atoms with E-state index in [1.807, 2.05) is 0 Å². The van der Waals surface area contributed by atoms with Gasteiger partial charge in [-0.1, -0.05) is 6.07 Å². The molecule has 6 N–H and O–H groups in total. The second-order valence-electron chi connectivity index (χ2n) is 8.77. The molecule has 4 aromatic rings. The summed E-state index contributed by atoms with van der Waals surface area (Å²) < 4.78 is 21.3. The van der Waals surface area contributed by atoms with E-state index in [2.05, 4.69) is 0 Å². The molecule has 0 bridgehead atoms. The van der Waals surface area contributed by atoms with Crippen molar-refractivity contribution in [2.24, 2.45) is 0 Å². The lowest BCUT2D eigenvalue weighted by Crippen LogP contribution is -2.13. The molecule has 214 valence electrons. The van der Waals surface area contributed by atoms with Crippen molar-refractivity contribution in [1.29, 1.82) is 0 Å². The lowest BCUT2D eigenvalue weighted by molar-refractivity contribution is -0.141. The molecule has 41 heavy (non-hydrogen) atoms. The van der Waals surface area contributed by atoms with E-state index >= 15 is 0 Å². The zero-order chi connectivity index (χ0) is 30.0. The SMILES string of the molecule is COC(=O)C[C@@H](c1ccc(OCC(=O)O)c(OC)c1)c1c(O)cc(O)c2c(=O)c(O)c(-c3ccc(O)c(O)c3)oc12. The highest BCUT2D eigenvalue weighted by Crippen LogP contribution is 2.46. The first kappa shape index (κ1) is 28.4. The second kappa shape index (κ2) is 11.3. The molecule has 13 nitrogen and oxygen atoms in total. The molecular formula is C28H24O13. The molecule has 1 atom stereocenters. The number of benzene rings is 3. The van der Waals surface area contributed by atoms with Crippen LogP contribution in [0.15, 0.2) is 51.7 Å². The van der Waals surface area contributed by atoms with E-state index in [-0.39, 0.29) is 22.6 Å². The molecule has 13 heteroatoms. The minimum absolute atomic E-state index is 0.0308. The highest BCUT2D eigenvalue weighted by molar-refractivity contribution is 5.92. The van der Waals surface area contributed by atoms with Gasteiger partial charge in [-0.3, -0.25) is 9.59 Å². The molecule has 0 radical (unpaired) electrons. The van der Waals surface area contributed by atoms with Gasteiger partial charge in [0.05, 0.1) is 20.6 Å². The average molecular weight is 568 g/mol. The molecule has 0 aliphatic rings. The first-order chi connectivity index (χ1) is 19.5.